The average Bonchev–Trinajstić information content (AvgIpc) is 2.46. The molecule has 1 aromatic heterocycles. The molecule has 3 rings (SSSR count). The molecule has 0 saturated heterocycles. The van der Waals surface area contributed by atoms with Gasteiger partial charge in [0.25, 0.3) is 0 Å². The number of nitrogens with zero attached hydrogens (tertiary/aromatic N) is 1. The molecule has 2 nitrogen and oxygen atoms in total. The standard InChI is InChI=1S/C18H17NO/c1-12-6-7-15(13(2)10-12)18(20)17-5-3-4-14-11-19-9-8-16(14)17/h3-11,18,20H,1-2H3. The molecule has 0 spiro atoms. The first kappa shape index (κ1) is 12.8. The lowest BCUT2D eigenvalue weighted by Gasteiger charge is -2.16. The van der Waals surface area contributed by atoms with Gasteiger partial charge in [0.15, 0.2) is 0 Å². The first-order valence-corrected chi connectivity index (χ1v) is 6.74. The maximum atomic E-state index is 10.7. The van der Waals surface area contributed by atoms with Gasteiger partial charge in [-0.15, -0.1) is 0 Å². The molecule has 3 aromatic rings. The average molecular weight is 263 g/mol. The second-order valence-corrected chi connectivity index (χ2v) is 5.21. The highest BCUT2D eigenvalue weighted by molar-refractivity contribution is 5.85. The molecular formula is C18H17NO. The van der Waals surface area contributed by atoms with Crippen molar-refractivity contribution in [3.8, 4) is 0 Å². The molecule has 2 aromatic carbocycles. The van der Waals surface area contributed by atoms with Crippen LogP contribution in [-0.2, 0) is 0 Å². The van der Waals surface area contributed by atoms with E-state index >= 15 is 0 Å². The van der Waals surface area contributed by atoms with Crippen LogP contribution in [0.25, 0.3) is 10.8 Å². The van der Waals surface area contributed by atoms with Crippen molar-refractivity contribution in [3.63, 3.8) is 0 Å². The Kier molecular flexibility index (Phi) is 3.25. The van der Waals surface area contributed by atoms with Gasteiger partial charge < -0.3 is 5.11 Å². The molecule has 0 fully saturated rings. The molecule has 2 heteroatoms. The number of aryl methyl sites for hydroxylation is 2. The van der Waals surface area contributed by atoms with E-state index in [0.29, 0.717) is 0 Å². The second kappa shape index (κ2) is 5.06. The monoisotopic (exact) mass is 263 g/mol. The zero-order valence-corrected chi connectivity index (χ0v) is 11.7. The van der Waals surface area contributed by atoms with Gasteiger partial charge in [0.2, 0.25) is 0 Å². The number of pyridine rings is 1. The first-order chi connectivity index (χ1) is 9.66. The lowest BCUT2D eigenvalue weighted by molar-refractivity contribution is 0.221. The minimum Gasteiger partial charge on any atom is -0.384 e. The summed E-state index contributed by atoms with van der Waals surface area (Å²) in [5.74, 6) is 0. The summed E-state index contributed by atoms with van der Waals surface area (Å²) >= 11 is 0. The highest BCUT2D eigenvalue weighted by Crippen LogP contribution is 2.30. The maximum absolute atomic E-state index is 10.7. The van der Waals surface area contributed by atoms with Crippen LogP contribution in [0.15, 0.2) is 54.9 Å². The summed E-state index contributed by atoms with van der Waals surface area (Å²) in [5.41, 5.74) is 4.21. The Morgan fingerprint density at radius 2 is 1.85 bits per heavy atom. The summed E-state index contributed by atoms with van der Waals surface area (Å²) in [6, 6.07) is 14.1. The van der Waals surface area contributed by atoms with Crippen molar-refractivity contribution in [3.05, 3.63) is 77.1 Å². The molecule has 0 aliphatic rings. The Bertz CT molecular complexity index is 759. The molecule has 1 heterocycles. The summed E-state index contributed by atoms with van der Waals surface area (Å²) in [6.45, 7) is 4.10. The van der Waals surface area contributed by atoms with Crippen LogP contribution >= 0.6 is 0 Å². The summed E-state index contributed by atoms with van der Waals surface area (Å²) in [5, 5.41) is 12.8. The number of rotatable bonds is 2. The summed E-state index contributed by atoms with van der Waals surface area (Å²) in [6.07, 6.45) is 2.98. The fourth-order valence-electron chi connectivity index (χ4n) is 2.69. The predicted octanol–water partition coefficient (Wildman–Crippen LogP) is 3.93. The van der Waals surface area contributed by atoms with Crippen molar-refractivity contribution < 1.29 is 5.11 Å². The van der Waals surface area contributed by atoms with Crippen molar-refractivity contribution in [2.75, 3.05) is 0 Å². The van der Waals surface area contributed by atoms with Gasteiger partial charge in [-0.25, -0.2) is 0 Å². The van der Waals surface area contributed by atoms with Gasteiger partial charge in [0.05, 0.1) is 0 Å². The zero-order valence-electron chi connectivity index (χ0n) is 11.7. The largest absolute Gasteiger partial charge is 0.384 e. The molecule has 100 valence electrons. The summed E-state index contributed by atoms with van der Waals surface area (Å²) < 4.78 is 0. The van der Waals surface area contributed by atoms with Gasteiger partial charge in [-0.3, -0.25) is 4.98 Å². The number of fused-ring (bicyclic) bond motifs is 1. The van der Waals surface area contributed by atoms with E-state index < -0.39 is 6.10 Å². The third kappa shape index (κ3) is 2.19. The fourth-order valence-corrected chi connectivity index (χ4v) is 2.69. The van der Waals surface area contributed by atoms with Crippen LogP contribution < -0.4 is 0 Å². The smallest absolute Gasteiger partial charge is 0.105 e. The minimum absolute atomic E-state index is 0.610. The topological polar surface area (TPSA) is 33.1 Å². The first-order valence-electron chi connectivity index (χ1n) is 6.74. The lowest BCUT2D eigenvalue weighted by Crippen LogP contribution is -2.03. The lowest BCUT2D eigenvalue weighted by atomic mass is 9.93. The third-order valence-corrected chi connectivity index (χ3v) is 3.73. The van der Waals surface area contributed by atoms with E-state index in [9.17, 15) is 5.11 Å². The Balaban J connectivity index is 2.15. The Morgan fingerprint density at radius 1 is 1.00 bits per heavy atom. The van der Waals surface area contributed by atoms with Crippen molar-refractivity contribution in [1.29, 1.82) is 0 Å². The minimum atomic E-state index is -0.610. The normalized spacial score (nSPS) is 12.6. The van der Waals surface area contributed by atoms with E-state index in [1.807, 2.05) is 49.5 Å². The predicted molar refractivity (Wildman–Crippen MR) is 81.7 cm³/mol. The van der Waals surface area contributed by atoms with Crippen molar-refractivity contribution in [2.45, 2.75) is 20.0 Å². The van der Waals surface area contributed by atoms with Crippen molar-refractivity contribution >= 4 is 10.8 Å². The number of hydrogen-bond acceptors (Lipinski definition) is 2. The van der Waals surface area contributed by atoms with Crippen LogP contribution in [0.5, 0.6) is 0 Å². The third-order valence-electron chi connectivity index (χ3n) is 3.73. The van der Waals surface area contributed by atoms with Crippen LogP contribution in [-0.4, -0.2) is 10.1 Å². The molecule has 0 bridgehead atoms. The zero-order chi connectivity index (χ0) is 14.1. The maximum Gasteiger partial charge on any atom is 0.105 e. The van der Waals surface area contributed by atoms with Crippen LogP contribution in [0, 0.1) is 13.8 Å². The Morgan fingerprint density at radius 3 is 2.65 bits per heavy atom. The van der Waals surface area contributed by atoms with E-state index in [4.69, 9.17) is 0 Å². The quantitative estimate of drug-likeness (QED) is 0.760. The van der Waals surface area contributed by atoms with Gasteiger partial charge in [-0.1, -0.05) is 42.0 Å². The van der Waals surface area contributed by atoms with E-state index in [2.05, 4.69) is 18.0 Å². The second-order valence-electron chi connectivity index (χ2n) is 5.21. The van der Waals surface area contributed by atoms with E-state index in [-0.39, 0.29) is 0 Å². The van der Waals surface area contributed by atoms with E-state index in [1.165, 1.54) is 5.56 Å². The highest BCUT2D eigenvalue weighted by atomic mass is 16.3. The molecule has 0 amide bonds. The summed E-state index contributed by atoms with van der Waals surface area (Å²) in [4.78, 5) is 4.13. The molecule has 1 unspecified atom stereocenters. The van der Waals surface area contributed by atoms with Gasteiger partial charge in [0, 0.05) is 17.8 Å². The number of aromatic nitrogens is 1. The number of hydrogen-bond donors (Lipinski definition) is 1. The van der Waals surface area contributed by atoms with Crippen LogP contribution in [0.2, 0.25) is 0 Å². The van der Waals surface area contributed by atoms with Crippen molar-refractivity contribution in [2.24, 2.45) is 0 Å². The number of benzene rings is 2. The molecular weight excluding hydrogens is 246 g/mol. The molecule has 1 atom stereocenters. The van der Waals surface area contributed by atoms with Crippen LogP contribution in [0.3, 0.4) is 0 Å². The number of aliphatic hydroxyl groups excluding tert-OH is 1. The van der Waals surface area contributed by atoms with Crippen molar-refractivity contribution in [1.82, 2.24) is 4.98 Å². The van der Waals surface area contributed by atoms with Crippen LogP contribution in [0.4, 0.5) is 0 Å². The molecule has 0 aliphatic carbocycles. The van der Waals surface area contributed by atoms with Gasteiger partial charge in [-0.05, 0) is 42.0 Å². The van der Waals surface area contributed by atoms with Gasteiger partial charge in [0.1, 0.15) is 6.10 Å². The van der Waals surface area contributed by atoms with E-state index in [1.54, 1.807) is 6.20 Å². The molecule has 1 N–H and O–H groups in total. The van der Waals surface area contributed by atoms with Gasteiger partial charge in [-0.2, -0.15) is 0 Å². The van der Waals surface area contributed by atoms with Crippen LogP contribution in [0.1, 0.15) is 28.4 Å². The Hall–Kier alpha value is -2.19. The highest BCUT2D eigenvalue weighted by Gasteiger charge is 2.15. The SMILES string of the molecule is Cc1ccc(C(O)c2cccc3cnccc23)c(C)c1. The van der Waals surface area contributed by atoms with E-state index in [0.717, 1.165) is 27.5 Å². The van der Waals surface area contributed by atoms with Gasteiger partial charge >= 0.3 is 0 Å². The number of aliphatic hydroxyl groups is 1. The molecule has 0 radical (unpaired) electrons. The summed E-state index contributed by atoms with van der Waals surface area (Å²) in [7, 11) is 0. The fraction of sp³-hybridized carbons (Fsp3) is 0.167. The molecule has 20 heavy (non-hydrogen) atoms. The molecule has 0 aliphatic heterocycles. The Labute approximate surface area is 118 Å². The molecule has 0 saturated carbocycles.